The molecule has 1 aromatic carbocycles. The van der Waals surface area contributed by atoms with Crippen molar-refractivity contribution in [3.8, 4) is 11.8 Å². The van der Waals surface area contributed by atoms with Crippen LogP contribution < -0.4 is 0 Å². The van der Waals surface area contributed by atoms with E-state index in [0.717, 1.165) is 0 Å². The van der Waals surface area contributed by atoms with Crippen LogP contribution in [0.25, 0.3) is 0 Å². The maximum Gasteiger partial charge on any atom is 0.323 e. The fourth-order valence-electron chi connectivity index (χ4n) is 1.44. The first kappa shape index (κ1) is 17.3. The molecule has 1 aromatic rings. The van der Waals surface area contributed by atoms with Gasteiger partial charge in [0, 0.05) is 11.3 Å². The number of thioether (sulfide) groups is 1. The van der Waals surface area contributed by atoms with Crippen molar-refractivity contribution in [2.75, 3.05) is 18.6 Å². The molecule has 0 aliphatic rings. The van der Waals surface area contributed by atoms with Crippen LogP contribution in [-0.2, 0) is 9.53 Å². The van der Waals surface area contributed by atoms with Crippen LogP contribution in [-0.4, -0.2) is 30.9 Å². The molecule has 0 spiro atoms. The number of hydrogen-bond donors (Lipinski definition) is 0. The van der Waals surface area contributed by atoms with Gasteiger partial charge >= 0.3 is 5.97 Å². The first-order valence-electron chi connectivity index (χ1n) is 6.35. The third-order valence-electron chi connectivity index (χ3n) is 2.70. The Labute approximate surface area is 128 Å². The molecule has 0 saturated carbocycles. The zero-order valence-corrected chi connectivity index (χ0v) is 13.1. The van der Waals surface area contributed by atoms with E-state index in [2.05, 4.69) is 11.8 Å². The molecule has 0 radical (unpaired) electrons. The van der Waals surface area contributed by atoms with Crippen LogP contribution >= 0.6 is 11.8 Å². The summed E-state index contributed by atoms with van der Waals surface area (Å²) in [7, 11) is 0. The maximum atomic E-state index is 13.7. The van der Waals surface area contributed by atoms with E-state index in [1.54, 1.807) is 25.6 Å². The highest BCUT2D eigenvalue weighted by Crippen LogP contribution is 2.18. The van der Waals surface area contributed by atoms with Gasteiger partial charge in [0.25, 0.3) is 0 Å². The first-order valence-corrected chi connectivity index (χ1v) is 7.75. The molecule has 0 heterocycles. The Morgan fingerprint density at radius 3 is 2.81 bits per heavy atom. The van der Waals surface area contributed by atoms with Gasteiger partial charge in [-0.25, -0.2) is 4.39 Å². The predicted molar refractivity (Wildman–Crippen MR) is 81.8 cm³/mol. The second kappa shape index (κ2) is 7.84. The summed E-state index contributed by atoms with van der Waals surface area (Å²) >= 11 is 1.57. The molecular weight excluding hydrogens is 291 g/mol. The highest BCUT2D eigenvalue weighted by molar-refractivity contribution is 7.98. The summed E-state index contributed by atoms with van der Waals surface area (Å²) in [6.45, 7) is 3.51. The van der Waals surface area contributed by atoms with Gasteiger partial charge < -0.3 is 4.74 Å². The van der Waals surface area contributed by atoms with Gasteiger partial charge in [-0.15, -0.1) is 0 Å². The Kier molecular flexibility index (Phi) is 6.44. The largest absolute Gasteiger partial charge is 0.464 e. The van der Waals surface area contributed by atoms with E-state index in [9.17, 15) is 14.0 Å². The number of aldehydes is 1. The molecular formula is C16H17FO3S. The summed E-state index contributed by atoms with van der Waals surface area (Å²) in [5.74, 6) is 4.93. The van der Waals surface area contributed by atoms with Gasteiger partial charge in [-0.1, -0.05) is 24.0 Å². The summed E-state index contributed by atoms with van der Waals surface area (Å²) in [5, 5.41) is 0. The number of benzene rings is 1. The number of ether oxygens (including phenoxy) is 1. The van der Waals surface area contributed by atoms with Crippen molar-refractivity contribution in [1.29, 1.82) is 0 Å². The van der Waals surface area contributed by atoms with E-state index in [0.29, 0.717) is 18.6 Å². The van der Waals surface area contributed by atoms with Gasteiger partial charge in [-0.2, -0.15) is 11.8 Å². The molecule has 0 saturated heterocycles. The van der Waals surface area contributed by atoms with Crippen molar-refractivity contribution in [2.45, 2.75) is 13.8 Å². The summed E-state index contributed by atoms with van der Waals surface area (Å²) < 4.78 is 18.8. The summed E-state index contributed by atoms with van der Waals surface area (Å²) in [6.07, 6.45) is 2.45. The Morgan fingerprint density at radius 1 is 1.48 bits per heavy atom. The Bertz CT molecular complexity index is 585. The van der Waals surface area contributed by atoms with E-state index < -0.39 is 17.2 Å². The molecule has 21 heavy (non-hydrogen) atoms. The number of carbonyl (C=O) groups excluding carboxylic acids is 2. The van der Waals surface area contributed by atoms with Crippen molar-refractivity contribution in [1.82, 2.24) is 0 Å². The average Bonchev–Trinajstić information content (AvgIpc) is 2.45. The van der Waals surface area contributed by atoms with Crippen LogP contribution in [0.4, 0.5) is 4.39 Å². The molecule has 0 unspecified atom stereocenters. The van der Waals surface area contributed by atoms with Crippen LogP contribution in [0.3, 0.4) is 0 Å². The van der Waals surface area contributed by atoms with Crippen LogP contribution in [0.5, 0.6) is 0 Å². The highest BCUT2D eigenvalue weighted by atomic mass is 32.2. The highest BCUT2D eigenvalue weighted by Gasteiger charge is 2.27. The molecule has 0 aromatic heterocycles. The number of esters is 1. The molecule has 0 aliphatic carbocycles. The van der Waals surface area contributed by atoms with Gasteiger partial charge in [-0.3, -0.25) is 9.59 Å². The lowest BCUT2D eigenvalue weighted by Crippen LogP contribution is -2.25. The van der Waals surface area contributed by atoms with Crippen LogP contribution in [0, 0.1) is 23.1 Å². The van der Waals surface area contributed by atoms with Gasteiger partial charge in [-0.05, 0) is 26.2 Å². The van der Waals surface area contributed by atoms with Crippen molar-refractivity contribution >= 4 is 24.0 Å². The number of halogens is 1. The SMILES string of the molecule is CSCCOC(=O)C(C)(C)C#Cc1c(F)cccc1C=O. The smallest absolute Gasteiger partial charge is 0.323 e. The standard InChI is InChI=1S/C16H17FO3S/c1-16(2,15(19)20-9-10-21-3)8-7-13-12(11-18)5-4-6-14(13)17/h4-6,11H,9-10H2,1-3H3. The van der Waals surface area contributed by atoms with E-state index in [1.165, 1.54) is 18.2 Å². The normalized spacial score (nSPS) is 10.5. The fraction of sp³-hybridized carbons (Fsp3) is 0.375. The van der Waals surface area contributed by atoms with Gasteiger partial charge in [0.05, 0.1) is 5.56 Å². The zero-order chi connectivity index (χ0) is 15.9. The zero-order valence-electron chi connectivity index (χ0n) is 12.2. The lowest BCUT2D eigenvalue weighted by atomic mass is 9.94. The summed E-state index contributed by atoms with van der Waals surface area (Å²) in [4.78, 5) is 22.8. The average molecular weight is 308 g/mol. The molecule has 1 rings (SSSR count). The molecule has 5 heteroatoms. The second-order valence-corrected chi connectivity index (χ2v) is 5.81. The lowest BCUT2D eigenvalue weighted by Gasteiger charge is -2.15. The number of hydrogen-bond acceptors (Lipinski definition) is 4. The Hall–Kier alpha value is -1.80. The molecule has 0 aliphatic heterocycles. The lowest BCUT2D eigenvalue weighted by molar-refractivity contribution is -0.150. The molecule has 0 bridgehead atoms. The third-order valence-corrected chi connectivity index (χ3v) is 3.28. The molecule has 3 nitrogen and oxygen atoms in total. The number of rotatable bonds is 5. The monoisotopic (exact) mass is 308 g/mol. The molecule has 0 atom stereocenters. The maximum absolute atomic E-state index is 13.7. The molecule has 112 valence electrons. The topological polar surface area (TPSA) is 43.4 Å². The van der Waals surface area contributed by atoms with E-state index >= 15 is 0 Å². The van der Waals surface area contributed by atoms with Gasteiger partial charge in [0.1, 0.15) is 17.8 Å². The minimum absolute atomic E-state index is 0.00233. The van der Waals surface area contributed by atoms with E-state index in [4.69, 9.17) is 4.74 Å². The molecule has 0 fully saturated rings. The Morgan fingerprint density at radius 2 is 2.19 bits per heavy atom. The summed E-state index contributed by atoms with van der Waals surface area (Å²) in [6, 6.07) is 4.14. The minimum Gasteiger partial charge on any atom is -0.464 e. The predicted octanol–water partition coefficient (Wildman–Crippen LogP) is 2.92. The fourth-order valence-corrected chi connectivity index (χ4v) is 1.69. The minimum atomic E-state index is -1.07. The first-order chi connectivity index (χ1) is 9.92. The summed E-state index contributed by atoms with van der Waals surface area (Å²) in [5.41, 5.74) is -0.910. The third kappa shape index (κ3) is 4.91. The Balaban J connectivity index is 2.95. The van der Waals surface area contributed by atoms with Crippen molar-refractivity contribution in [3.05, 3.63) is 35.1 Å². The van der Waals surface area contributed by atoms with E-state index in [1.807, 2.05) is 6.26 Å². The van der Waals surface area contributed by atoms with Gasteiger partial charge in [0.2, 0.25) is 0 Å². The van der Waals surface area contributed by atoms with Crippen LogP contribution in [0.15, 0.2) is 18.2 Å². The van der Waals surface area contributed by atoms with Gasteiger partial charge in [0.15, 0.2) is 6.29 Å². The molecule has 0 N–H and O–H groups in total. The van der Waals surface area contributed by atoms with Crippen molar-refractivity contribution in [3.63, 3.8) is 0 Å². The molecule has 0 amide bonds. The quantitative estimate of drug-likeness (QED) is 0.363. The second-order valence-electron chi connectivity index (χ2n) is 4.83. The van der Waals surface area contributed by atoms with E-state index in [-0.39, 0.29) is 11.1 Å². The van der Waals surface area contributed by atoms with Crippen LogP contribution in [0.1, 0.15) is 29.8 Å². The number of carbonyl (C=O) groups is 2. The van der Waals surface area contributed by atoms with Crippen molar-refractivity contribution < 1.29 is 18.7 Å². The van der Waals surface area contributed by atoms with Crippen molar-refractivity contribution in [2.24, 2.45) is 5.41 Å². The van der Waals surface area contributed by atoms with Crippen LogP contribution in [0.2, 0.25) is 0 Å².